The standard InChI is InChI=1S/Ce.NO3.3H2N/c;2-1(3)4;;;/h;;3*1H2/q+4;4*-1. The van der Waals surface area contributed by atoms with E-state index in [0.29, 0.717) is 0 Å². The molecule has 0 bridgehead atoms. The van der Waals surface area contributed by atoms with Crippen LogP contribution in [0.3, 0.4) is 0 Å². The zero-order valence-electron chi connectivity index (χ0n) is 3.90. The molecule has 0 atom stereocenters. The molecule has 0 heterocycles. The molecule has 0 fully saturated rings. The monoisotopic (exact) mass is 250 g/mol. The predicted octanol–water partition coefficient (Wildman–Crippen LogP) is 1.91. The molecule has 8 heteroatoms. The van der Waals surface area contributed by atoms with Crippen molar-refractivity contribution in [3.05, 3.63) is 33.8 Å². The van der Waals surface area contributed by atoms with Gasteiger partial charge in [-0.1, -0.05) is 0 Å². The summed E-state index contributed by atoms with van der Waals surface area (Å²) in [6.45, 7) is 0. The maximum absolute atomic E-state index is 8.25. The second-order valence-electron chi connectivity index (χ2n) is 0.224. The molecule has 7 nitrogen and oxygen atoms in total. The molecule has 0 saturated heterocycles. The van der Waals surface area contributed by atoms with E-state index in [-0.39, 0.29) is 60.2 Å². The molecule has 0 aromatic rings. The summed E-state index contributed by atoms with van der Waals surface area (Å²) >= 11 is 0. The summed E-state index contributed by atoms with van der Waals surface area (Å²) in [4.78, 5) is 8.25. The Balaban J connectivity index is -0.00000000750. The van der Waals surface area contributed by atoms with Crippen molar-refractivity contribution in [2.45, 2.75) is 0 Å². The van der Waals surface area contributed by atoms with Crippen molar-refractivity contribution in [3.63, 3.8) is 0 Å². The Morgan fingerprint density at radius 2 is 1.00 bits per heavy atom. The summed E-state index contributed by atoms with van der Waals surface area (Å²) in [5, 5.41) is 14.8. The van der Waals surface area contributed by atoms with Gasteiger partial charge >= 0.3 is 41.7 Å². The first-order valence-electron chi connectivity index (χ1n) is 0.548. The second kappa shape index (κ2) is 26.0. The quantitative estimate of drug-likeness (QED) is 0.473. The van der Waals surface area contributed by atoms with Gasteiger partial charge < -0.3 is 33.8 Å². The molecule has 0 aliphatic heterocycles. The minimum Gasteiger partial charge on any atom is -0.693 e. The van der Waals surface area contributed by atoms with Crippen molar-refractivity contribution in [3.8, 4) is 0 Å². The van der Waals surface area contributed by atoms with Crippen LogP contribution >= 0.6 is 0 Å². The Bertz CT molecular complexity index is 34.3. The molecule has 0 aromatic carbocycles. The van der Waals surface area contributed by atoms with Gasteiger partial charge in [-0.2, -0.15) is 0 Å². The smallest absolute Gasteiger partial charge is 0.693 e. The van der Waals surface area contributed by atoms with Crippen LogP contribution in [0.5, 0.6) is 0 Å². The fourth-order valence-electron chi connectivity index (χ4n) is 0. The Kier molecular flexibility index (Phi) is 128. The van der Waals surface area contributed by atoms with Gasteiger partial charge in [-0.15, -0.1) is 0 Å². The first kappa shape index (κ1) is 39.4. The zero-order chi connectivity index (χ0) is 3.58. The van der Waals surface area contributed by atoms with Crippen LogP contribution < -0.4 is 0 Å². The molecule has 0 amide bonds. The van der Waals surface area contributed by atoms with Crippen LogP contribution in [0.2, 0.25) is 0 Å². The molecule has 0 aliphatic carbocycles. The van der Waals surface area contributed by atoms with Crippen LogP contribution in [0.1, 0.15) is 0 Å². The summed E-state index contributed by atoms with van der Waals surface area (Å²) < 4.78 is 0. The van der Waals surface area contributed by atoms with Crippen LogP contribution in [-0.2, 0) is 0 Å². The van der Waals surface area contributed by atoms with E-state index in [4.69, 9.17) is 15.3 Å². The van der Waals surface area contributed by atoms with Crippen molar-refractivity contribution >= 4 is 0 Å². The summed E-state index contributed by atoms with van der Waals surface area (Å²) in [5.74, 6) is 0. The van der Waals surface area contributed by atoms with Crippen LogP contribution in [-0.4, -0.2) is 5.09 Å². The Morgan fingerprint density at radius 3 is 1.00 bits per heavy atom. The van der Waals surface area contributed by atoms with E-state index in [0.717, 1.165) is 0 Å². The fraction of sp³-hybridized carbons (Fsp3) is 0. The molecule has 0 aliphatic rings. The van der Waals surface area contributed by atoms with Crippen molar-refractivity contribution in [2.24, 2.45) is 0 Å². The van der Waals surface area contributed by atoms with Crippen molar-refractivity contribution < 1.29 is 46.8 Å². The van der Waals surface area contributed by atoms with E-state index in [1.165, 1.54) is 0 Å². The summed E-state index contributed by atoms with van der Waals surface area (Å²) in [7, 11) is 0. The number of rotatable bonds is 0. The SMILES string of the molecule is O=[N+]([O-])[O-].[Ce+4].[NH2-].[NH2-].[NH2-]. The number of nitrogens with zero attached hydrogens (tertiary/aromatic N) is 1. The Morgan fingerprint density at radius 1 is 1.00 bits per heavy atom. The van der Waals surface area contributed by atoms with E-state index in [1.54, 1.807) is 0 Å². The molecular formula is H6CeN4O3. The van der Waals surface area contributed by atoms with Crippen LogP contribution in [0.15, 0.2) is 0 Å². The van der Waals surface area contributed by atoms with Crippen molar-refractivity contribution in [2.75, 3.05) is 0 Å². The van der Waals surface area contributed by atoms with E-state index < -0.39 is 5.09 Å². The first-order chi connectivity index (χ1) is 1.73. The van der Waals surface area contributed by atoms with E-state index in [9.17, 15) is 0 Å². The van der Waals surface area contributed by atoms with Gasteiger partial charge in [-0.3, -0.25) is 0 Å². The molecule has 0 aromatic heterocycles. The van der Waals surface area contributed by atoms with Crippen LogP contribution in [0.25, 0.3) is 18.5 Å². The third-order valence-electron chi connectivity index (χ3n) is 0. The summed E-state index contributed by atoms with van der Waals surface area (Å²) in [6.07, 6.45) is 0. The van der Waals surface area contributed by atoms with Crippen molar-refractivity contribution in [1.82, 2.24) is 0 Å². The van der Waals surface area contributed by atoms with Gasteiger partial charge in [-0.05, 0) is 0 Å². The van der Waals surface area contributed by atoms with E-state index in [2.05, 4.69) is 0 Å². The maximum Gasteiger partial charge on any atom is 4.00 e. The molecule has 0 saturated carbocycles. The van der Waals surface area contributed by atoms with Crippen LogP contribution in [0.4, 0.5) is 0 Å². The first-order valence-corrected chi connectivity index (χ1v) is 0.548. The van der Waals surface area contributed by atoms with E-state index >= 15 is 0 Å². The minimum absolute atomic E-state index is 0. The second-order valence-corrected chi connectivity index (χ2v) is 0.224. The molecule has 48 valence electrons. The molecule has 6 N–H and O–H groups in total. The Hall–Kier alpha value is 0.457. The maximum atomic E-state index is 8.25. The van der Waals surface area contributed by atoms with Gasteiger partial charge in [0.05, 0.1) is 5.09 Å². The third-order valence-corrected chi connectivity index (χ3v) is 0. The molecule has 0 unspecified atom stereocenters. The Labute approximate surface area is 80.1 Å². The average molecular weight is 250 g/mol. The van der Waals surface area contributed by atoms with Crippen molar-refractivity contribution in [1.29, 1.82) is 0 Å². The van der Waals surface area contributed by atoms with Gasteiger partial charge in [-0.25, -0.2) is 0 Å². The molecule has 0 radical (unpaired) electrons. The molecule has 0 rings (SSSR count). The summed E-state index contributed by atoms with van der Waals surface area (Å²) in [6, 6.07) is 0. The molecule has 8 heavy (non-hydrogen) atoms. The zero-order valence-corrected chi connectivity index (χ0v) is 7.04. The number of nitrogens with two attached hydrogens (primary N) is 3. The normalized spacial score (nSPS) is 3.00. The van der Waals surface area contributed by atoms with Gasteiger partial charge in [0.15, 0.2) is 0 Å². The van der Waals surface area contributed by atoms with Gasteiger partial charge in [0.2, 0.25) is 0 Å². The summed E-state index contributed by atoms with van der Waals surface area (Å²) in [5.41, 5.74) is 0. The minimum atomic E-state index is -1.75. The third kappa shape index (κ3) is 922. The predicted molar refractivity (Wildman–Crippen MR) is 26.2 cm³/mol. The number of hydrogen-bond acceptors (Lipinski definition) is 3. The van der Waals surface area contributed by atoms with Gasteiger partial charge in [0.1, 0.15) is 0 Å². The fourth-order valence-corrected chi connectivity index (χ4v) is 0. The van der Waals surface area contributed by atoms with E-state index in [1.807, 2.05) is 0 Å². The number of hydrogen-bond donors (Lipinski definition) is 0. The molecule has 0 spiro atoms. The van der Waals surface area contributed by atoms with Crippen LogP contribution in [0, 0.1) is 57.1 Å². The average Bonchev–Trinajstić information content (AvgIpc) is 0.811. The van der Waals surface area contributed by atoms with Gasteiger partial charge in [0.25, 0.3) is 0 Å². The van der Waals surface area contributed by atoms with Gasteiger partial charge in [0, 0.05) is 0 Å². The topological polar surface area (TPSA) is 167 Å². The molecular weight excluding hydrogens is 244 g/mol. The largest absolute Gasteiger partial charge is 4.00 e.